The first-order chi connectivity index (χ1) is 5.29. The Balaban J connectivity index is 2.95. The van der Waals surface area contributed by atoms with E-state index in [-0.39, 0.29) is 0 Å². The Kier molecular flexibility index (Phi) is 1.36. The molecule has 0 saturated carbocycles. The average molecular weight is 166 g/mol. The first kappa shape index (κ1) is 6.68. The van der Waals surface area contributed by atoms with Crippen LogP contribution in [0.25, 0.3) is 11.0 Å². The van der Waals surface area contributed by atoms with Crippen LogP contribution in [-0.2, 0) is 7.05 Å². The largest absolute Gasteiger partial charge is 0.348 e. The van der Waals surface area contributed by atoms with Gasteiger partial charge in [-0.25, -0.2) is 0 Å². The Hall–Kier alpha value is -1.02. The van der Waals surface area contributed by atoms with Crippen LogP contribution in [-0.4, -0.2) is 9.55 Å². The van der Waals surface area contributed by atoms with Crippen LogP contribution in [0.2, 0.25) is 5.02 Å². The number of aryl methyl sites for hydroxylation is 1. The standard InChI is InChI=1S/C8H6ClN2/c1-11-5-6(9)8-7(11)3-2-4-10-8/h3-5H,1H3. The number of halogens is 1. The van der Waals surface area contributed by atoms with Crippen molar-refractivity contribution in [3.63, 3.8) is 0 Å². The lowest BCUT2D eigenvalue weighted by atomic mass is 10.4. The van der Waals surface area contributed by atoms with Gasteiger partial charge in [-0.3, -0.25) is 4.98 Å². The van der Waals surface area contributed by atoms with Crippen molar-refractivity contribution in [1.29, 1.82) is 0 Å². The minimum absolute atomic E-state index is 0.691. The lowest BCUT2D eigenvalue weighted by Gasteiger charge is -1.91. The molecule has 0 aliphatic rings. The summed E-state index contributed by atoms with van der Waals surface area (Å²) in [5.74, 6) is 0. The fraction of sp³-hybridized carbons (Fsp3) is 0.125. The molecule has 0 aliphatic heterocycles. The molecule has 2 nitrogen and oxygen atoms in total. The molecule has 55 valence electrons. The van der Waals surface area contributed by atoms with Gasteiger partial charge >= 0.3 is 0 Å². The zero-order valence-electron chi connectivity index (χ0n) is 6.00. The Bertz CT molecular complexity index is 356. The summed E-state index contributed by atoms with van der Waals surface area (Å²) in [6, 6.07) is 4.77. The van der Waals surface area contributed by atoms with E-state index in [0.717, 1.165) is 11.0 Å². The molecule has 11 heavy (non-hydrogen) atoms. The second-order valence-electron chi connectivity index (χ2n) is 2.39. The molecule has 0 aromatic carbocycles. The SMILES string of the molecule is Cn1cc(Cl)c2nc[c]cc21. The van der Waals surface area contributed by atoms with Crippen molar-refractivity contribution in [2.75, 3.05) is 0 Å². The fourth-order valence-corrected chi connectivity index (χ4v) is 1.40. The fourth-order valence-electron chi connectivity index (χ4n) is 1.11. The van der Waals surface area contributed by atoms with Crippen molar-refractivity contribution >= 4 is 22.6 Å². The second-order valence-corrected chi connectivity index (χ2v) is 2.80. The van der Waals surface area contributed by atoms with Crippen LogP contribution < -0.4 is 0 Å². The van der Waals surface area contributed by atoms with E-state index in [2.05, 4.69) is 11.1 Å². The summed E-state index contributed by atoms with van der Waals surface area (Å²) in [4.78, 5) is 4.09. The van der Waals surface area contributed by atoms with Crippen LogP contribution in [0, 0.1) is 6.07 Å². The van der Waals surface area contributed by atoms with Gasteiger partial charge in [-0.1, -0.05) is 11.6 Å². The number of hydrogen-bond acceptors (Lipinski definition) is 1. The molecule has 0 bridgehead atoms. The summed E-state index contributed by atoms with van der Waals surface area (Å²) in [6.07, 6.45) is 3.46. The van der Waals surface area contributed by atoms with Crippen LogP contribution in [0.4, 0.5) is 0 Å². The summed E-state index contributed by atoms with van der Waals surface area (Å²) in [5.41, 5.74) is 1.85. The molecule has 2 aromatic heterocycles. The molecule has 1 radical (unpaired) electrons. The van der Waals surface area contributed by atoms with E-state index in [4.69, 9.17) is 11.6 Å². The third-order valence-corrected chi connectivity index (χ3v) is 1.92. The molecule has 0 unspecified atom stereocenters. The minimum atomic E-state index is 0.691. The maximum absolute atomic E-state index is 5.88. The van der Waals surface area contributed by atoms with Crippen LogP contribution in [0.1, 0.15) is 0 Å². The smallest absolute Gasteiger partial charge is 0.107 e. The van der Waals surface area contributed by atoms with E-state index in [9.17, 15) is 0 Å². The van der Waals surface area contributed by atoms with Crippen LogP contribution in [0.15, 0.2) is 18.5 Å². The maximum atomic E-state index is 5.88. The molecular weight excluding hydrogens is 160 g/mol. The van der Waals surface area contributed by atoms with Gasteiger partial charge in [0.25, 0.3) is 0 Å². The second kappa shape index (κ2) is 2.24. The predicted molar refractivity (Wildman–Crippen MR) is 44.6 cm³/mol. The Morgan fingerprint density at radius 2 is 2.45 bits per heavy atom. The Labute approximate surface area is 69.4 Å². The highest BCUT2D eigenvalue weighted by Gasteiger charge is 2.02. The molecule has 0 fully saturated rings. The van der Waals surface area contributed by atoms with Crippen LogP contribution in [0.3, 0.4) is 0 Å². The third kappa shape index (κ3) is 0.906. The normalized spacial score (nSPS) is 10.7. The quantitative estimate of drug-likeness (QED) is 0.584. The van der Waals surface area contributed by atoms with Crippen molar-refractivity contribution < 1.29 is 0 Å². The summed E-state index contributed by atoms with van der Waals surface area (Å²) in [7, 11) is 1.93. The van der Waals surface area contributed by atoms with Gasteiger partial charge in [-0.2, -0.15) is 0 Å². The van der Waals surface area contributed by atoms with E-state index in [1.54, 1.807) is 6.20 Å². The van der Waals surface area contributed by atoms with Crippen molar-refractivity contribution in [1.82, 2.24) is 9.55 Å². The Morgan fingerprint density at radius 3 is 3.18 bits per heavy atom. The Morgan fingerprint density at radius 1 is 1.64 bits per heavy atom. The molecule has 2 aromatic rings. The summed E-state index contributed by atoms with van der Waals surface area (Å²) < 4.78 is 1.93. The van der Waals surface area contributed by atoms with Crippen LogP contribution >= 0.6 is 11.6 Å². The maximum Gasteiger partial charge on any atom is 0.107 e. The van der Waals surface area contributed by atoms with E-state index in [1.165, 1.54) is 0 Å². The molecule has 0 spiro atoms. The number of aromatic nitrogens is 2. The van der Waals surface area contributed by atoms with Crippen LogP contribution in [0.5, 0.6) is 0 Å². The summed E-state index contributed by atoms with van der Waals surface area (Å²) >= 11 is 5.88. The van der Waals surface area contributed by atoms with Gasteiger partial charge in [-0.15, -0.1) is 0 Å². The third-order valence-electron chi connectivity index (χ3n) is 1.64. The lowest BCUT2D eigenvalue weighted by Crippen LogP contribution is -1.83. The van der Waals surface area contributed by atoms with Gasteiger partial charge in [-0.05, 0) is 6.07 Å². The van der Waals surface area contributed by atoms with Crippen molar-refractivity contribution in [3.05, 3.63) is 29.5 Å². The molecular formula is C8H6ClN2. The molecule has 0 aliphatic carbocycles. The number of pyridine rings is 1. The van der Waals surface area contributed by atoms with E-state index in [1.807, 2.05) is 23.9 Å². The molecule has 2 heterocycles. The first-order valence-electron chi connectivity index (χ1n) is 3.25. The number of rotatable bonds is 0. The monoisotopic (exact) mass is 165 g/mol. The highest BCUT2D eigenvalue weighted by molar-refractivity contribution is 6.35. The van der Waals surface area contributed by atoms with Gasteiger partial charge in [0.1, 0.15) is 5.52 Å². The molecule has 2 rings (SSSR count). The van der Waals surface area contributed by atoms with Gasteiger partial charge < -0.3 is 4.57 Å². The van der Waals surface area contributed by atoms with E-state index >= 15 is 0 Å². The van der Waals surface area contributed by atoms with Crippen molar-refractivity contribution in [2.24, 2.45) is 7.05 Å². The van der Waals surface area contributed by atoms with E-state index < -0.39 is 0 Å². The van der Waals surface area contributed by atoms with Gasteiger partial charge in [0.2, 0.25) is 0 Å². The number of fused-ring (bicyclic) bond motifs is 1. The zero-order chi connectivity index (χ0) is 7.84. The highest BCUT2D eigenvalue weighted by Crippen LogP contribution is 2.21. The number of hydrogen-bond donors (Lipinski definition) is 0. The summed E-state index contributed by atoms with van der Waals surface area (Å²) in [6.45, 7) is 0. The van der Waals surface area contributed by atoms with E-state index in [0.29, 0.717) is 5.02 Å². The molecule has 0 amide bonds. The van der Waals surface area contributed by atoms with Crippen molar-refractivity contribution in [2.45, 2.75) is 0 Å². The zero-order valence-corrected chi connectivity index (χ0v) is 6.76. The number of nitrogens with zero attached hydrogens (tertiary/aromatic N) is 2. The molecule has 0 N–H and O–H groups in total. The van der Waals surface area contributed by atoms with Gasteiger partial charge in [0.15, 0.2) is 0 Å². The molecule has 0 atom stereocenters. The predicted octanol–water partition coefficient (Wildman–Crippen LogP) is 2.03. The van der Waals surface area contributed by atoms with Gasteiger partial charge in [0, 0.05) is 25.5 Å². The van der Waals surface area contributed by atoms with Gasteiger partial charge in [0.05, 0.1) is 10.5 Å². The highest BCUT2D eigenvalue weighted by atomic mass is 35.5. The topological polar surface area (TPSA) is 17.8 Å². The first-order valence-corrected chi connectivity index (χ1v) is 3.63. The van der Waals surface area contributed by atoms with Crippen molar-refractivity contribution in [3.8, 4) is 0 Å². The summed E-state index contributed by atoms with van der Waals surface area (Å²) in [5, 5.41) is 0.691. The average Bonchev–Trinajstić information content (AvgIpc) is 2.30. The molecule has 0 saturated heterocycles. The minimum Gasteiger partial charge on any atom is -0.348 e. The lowest BCUT2D eigenvalue weighted by molar-refractivity contribution is 0.968. The molecule has 3 heteroatoms.